The minimum atomic E-state index is -0.427. The van der Waals surface area contributed by atoms with Crippen molar-refractivity contribution in [2.75, 3.05) is 26.4 Å². The highest BCUT2D eigenvalue weighted by molar-refractivity contribution is 5.19. The van der Waals surface area contributed by atoms with Gasteiger partial charge in [0.2, 0.25) is 0 Å². The average molecular weight is 295 g/mol. The zero-order valence-corrected chi connectivity index (χ0v) is 12.3. The Morgan fingerprint density at radius 1 is 1.29 bits per heavy atom. The molecule has 0 amide bonds. The van der Waals surface area contributed by atoms with Crippen LogP contribution in [0.1, 0.15) is 31.4 Å². The molecule has 2 fully saturated rings. The van der Waals surface area contributed by atoms with Gasteiger partial charge in [0.15, 0.2) is 5.79 Å². The third-order valence-electron chi connectivity index (χ3n) is 4.19. The van der Waals surface area contributed by atoms with E-state index in [0.717, 1.165) is 24.9 Å². The zero-order chi connectivity index (χ0) is 14.7. The fourth-order valence-electron chi connectivity index (χ4n) is 2.84. The number of rotatable bonds is 4. The predicted octanol–water partition coefficient (Wildman–Crippen LogP) is 2.40. The van der Waals surface area contributed by atoms with E-state index in [4.69, 9.17) is 14.2 Å². The highest BCUT2D eigenvalue weighted by Gasteiger charge is 2.42. The number of halogens is 1. The molecule has 0 bridgehead atoms. The standard InChI is InChI=1S/C16H22FNO3/c1-12(13-2-4-14(17)5-3-13)18-10-15-11-20-16(21-15)6-8-19-9-7-16/h2-5,12,15,18H,6-11H2,1H3/t12-,15+/m1/s1. The molecule has 2 aliphatic rings. The van der Waals surface area contributed by atoms with E-state index < -0.39 is 5.79 Å². The molecular weight excluding hydrogens is 273 g/mol. The van der Waals surface area contributed by atoms with Crippen LogP contribution in [0.4, 0.5) is 4.39 Å². The topological polar surface area (TPSA) is 39.7 Å². The van der Waals surface area contributed by atoms with Crippen molar-refractivity contribution in [2.45, 2.75) is 37.7 Å². The molecule has 2 heterocycles. The maximum absolute atomic E-state index is 12.9. The van der Waals surface area contributed by atoms with Gasteiger partial charge in [-0.15, -0.1) is 0 Å². The normalized spacial score (nSPS) is 26.1. The van der Waals surface area contributed by atoms with E-state index in [1.165, 1.54) is 12.1 Å². The van der Waals surface area contributed by atoms with Gasteiger partial charge in [-0.3, -0.25) is 0 Å². The Balaban J connectivity index is 1.48. The quantitative estimate of drug-likeness (QED) is 0.926. The van der Waals surface area contributed by atoms with Gasteiger partial charge >= 0.3 is 0 Å². The predicted molar refractivity (Wildman–Crippen MR) is 76.4 cm³/mol. The molecule has 2 saturated heterocycles. The minimum absolute atomic E-state index is 0.0611. The molecule has 4 nitrogen and oxygen atoms in total. The second-order valence-electron chi connectivity index (χ2n) is 5.76. The molecule has 3 rings (SSSR count). The Kier molecular flexibility index (Phi) is 4.54. The summed E-state index contributed by atoms with van der Waals surface area (Å²) in [5, 5.41) is 3.42. The van der Waals surface area contributed by atoms with E-state index in [1.54, 1.807) is 12.1 Å². The summed E-state index contributed by atoms with van der Waals surface area (Å²) < 4.78 is 30.2. The van der Waals surface area contributed by atoms with Crippen molar-refractivity contribution in [3.63, 3.8) is 0 Å². The Morgan fingerprint density at radius 3 is 2.71 bits per heavy atom. The molecule has 2 atom stereocenters. The van der Waals surface area contributed by atoms with Crippen molar-refractivity contribution in [3.05, 3.63) is 35.6 Å². The summed E-state index contributed by atoms with van der Waals surface area (Å²) in [6, 6.07) is 6.73. The Bertz CT molecular complexity index is 459. The Morgan fingerprint density at radius 2 is 2.00 bits per heavy atom. The number of hydrogen-bond donors (Lipinski definition) is 1. The lowest BCUT2D eigenvalue weighted by atomic mass is 10.1. The summed E-state index contributed by atoms with van der Waals surface area (Å²) in [7, 11) is 0. The van der Waals surface area contributed by atoms with Crippen LogP contribution in [-0.2, 0) is 14.2 Å². The molecule has 5 heteroatoms. The van der Waals surface area contributed by atoms with Gasteiger partial charge in [-0.25, -0.2) is 4.39 Å². The third kappa shape index (κ3) is 3.61. The van der Waals surface area contributed by atoms with Crippen molar-refractivity contribution in [1.82, 2.24) is 5.32 Å². The van der Waals surface area contributed by atoms with Gasteiger partial charge in [-0.2, -0.15) is 0 Å². The molecule has 0 unspecified atom stereocenters. The molecule has 1 spiro atoms. The molecular formula is C16H22FNO3. The van der Waals surface area contributed by atoms with Gasteiger partial charge in [0, 0.05) is 25.4 Å². The SMILES string of the molecule is C[C@@H](NC[C@H]1COC2(CCOCC2)O1)c1ccc(F)cc1. The van der Waals surface area contributed by atoms with Gasteiger partial charge in [-0.1, -0.05) is 12.1 Å². The first-order valence-corrected chi connectivity index (χ1v) is 7.55. The fourth-order valence-corrected chi connectivity index (χ4v) is 2.84. The Labute approximate surface area is 124 Å². The molecule has 0 radical (unpaired) electrons. The molecule has 21 heavy (non-hydrogen) atoms. The van der Waals surface area contributed by atoms with Gasteiger partial charge in [0.05, 0.1) is 25.9 Å². The maximum atomic E-state index is 12.9. The van der Waals surface area contributed by atoms with Crippen LogP contribution in [0.15, 0.2) is 24.3 Å². The highest BCUT2D eigenvalue weighted by atomic mass is 19.1. The summed E-state index contributed by atoms with van der Waals surface area (Å²) in [4.78, 5) is 0. The fraction of sp³-hybridized carbons (Fsp3) is 0.625. The van der Waals surface area contributed by atoms with Crippen LogP contribution in [0.5, 0.6) is 0 Å². The van der Waals surface area contributed by atoms with Crippen LogP contribution in [0.25, 0.3) is 0 Å². The summed E-state index contributed by atoms with van der Waals surface area (Å²) in [5.74, 6) is -0.635. The number of hydrogen-bond acceptors (Lipinski definition) is 4. The molecule has 1 aromatic rings. The lowest BCUT2D eigenvalue weighted by molar-refractivity contribution is -0.210. The molecule has 0 aromatic heterocycles. The van der Waals surface area contributed by atoms with E-state index in [-0.39, 0.29) is 18.0 Å². The maximum Gasteiger partial charge on any atom is 0.173 e. The van der Waals surface area contributed by atoms with Crippen LogP contribution in [0.3, 0.4) is 0 Å². The van der Waals surface area contributed by atoms with Crippen molar-refractivity contribution in [3.8, 4) is 0 Å². The molecule has 0 aliphatic carbocycles. The van der Waals surface area contributed by atoms with E-state index >= 15 is 0 Å². The monoisotopic (exact) mass is 295 g/mol. The summed E-state index contributed by atoms with van der Waals surface area (Å²) in [5.41, 5.74) is 1.07. The van der Waals surface area contributed by atoms with Crippen LogP contribution < -0.4 is 5.32 Å². The Hall–Kier alpha value is -1.01. The second kappa shape index (κ2) is 6.40. The van der Waals surface area contributed by atoms with Gasteiger partial charge in [0.1, 0.15) is 5.82 Å². The molecule has 0 saturated carbocycles. The van der Waals surface area contributed by atoms with Crippen LogP contribution in [-0.4, -0.2) is 38.3 Å². The first kappa shape index (κ1) is 14.9. The lowest BCUT2D eigenvalue weighted by Crippen LogP contribution is -2.39. The molecule has 116 valence electrons. The van der Waals surface area contributed by atoms with E-state index in [9.17, 15) is 4.39 Å². The molecule has 1 N–H and O–H groups in total. The van der Waals surface area contributed by atoms with Crippen molar-refractivity contribution < 1.29 is 18.6 Å². The highest BCUT2D eigenvalue weighted by Crippen LogP contribution is 2.33. The van der Waals surface area contributed by atoms with E-state index in [0.29, 0.717) is 19.8 Å². The summed E-state index contributed by atoms with van der Waals surface area (Å²) in [6.07, 6.45) is 1.67. The van der Waals surface area contributed by atoms with Crippen LogP contribution in [0.2, 0.25) is 0 Å². The van der Waals surface area contributed by atoms with Crippen LogP contribution in [0, 0.1) is 5.82 Å². The molecule has 2 aliphatic heterocycles. The number of nitrogens with one attached hydrogen (secondary N) is 1. The summed E-state index contributed by atoms with van der Waals surface area (Å²) in [6.45, 7) is 4.80. The number of benzene rings is 1. The first-order valence-electron chi connectivity index (χ1n) is 7.55. The average Bonchev–Trinajstić information content (AvgIpc) is 2.89. The van der Waals surface area contributed by atoms with Gasteiger partial charge in [-0.05, 0) is 24.6 Å². The lowest BCUT2D eigenvalue weighted by Gasteiger charge is -2.31. The summed E-state index contributed by atoms with van der Waals surface area (Å²) >= 11 is 0. The minimum Gasteiger partial charge on any atom is -0.381 e. The van der Waals surface area contributed by atoms with E-state index in [2.05, 4.69) is 12.2 Å². The zero-order valence-electron chi connectivity index (χ0n) is 12.3. The first-order chi connectivity index (χ1) is 10.2. The van der Waals surface area contributed by atoms with Crippen molar-refractivity contribution in [1.29, 1.82) is 0 Å². The smallest absolute Gasteiger partial charge is 0.173 e. The second-order valence-corrected chi connectivity index (χ2v) is 5.76. The van der Waals surface area contributed by atoms with Crippen molar-refractivity contribution in [2.24, 2.45) is 0 Å². The number of ether oxygens (including phenoxy) is 3. The van der Waals surface area contributed by atoms with E-state index in [1.807, 2.05) is 0 Å². The van der Waals surface area contributed by atoms with Crippen molar-refractivity contribution >= 4 is 0 Å². The third-order valence-corrected chi connectivity index (χ3v) is 4.19. The van der Waals surface area contributed by atoms with Crippen LogP contribution >= 0.6 is 0 Å². The van der Waals surface area contributed by atoms with Gasteiger partial charge < -0.3 is 19.5 Å². The molecule has 1 aromatic carbocycles. The largest absolute Gasteiger partial charge is 0.381 e. The van der Waals surface area contributed by atoms with Gasteiger partial charge in [0.25, 0.3) is 0 Å².